The number of nitrogens with zero attached hydrogens (tertiary/aromatic N) is 1. The van der Waals surface area contributed by atoms with E-state index in [1.54, 1.807) is 6.07 Å². The molecule has 0 saturated carbocycles. The smallest absolute Gasteiger partial charge is 0.232 e. The second kappa shape index (κ2) is 8.17. The number of sulfonamides is 1. The molecule has 0 radical (unpaired) electrons. The highest BCUT2D eigenvalue weighted by atomic mass is 32.2. The predicted molar refractivity (Wildman–Crippen MR) is 90.5 cm³/mol. The zero-order chi connectivity index (χ0) is 16.8. The Morgan fingerprint density at radius 3 is 2.59 bits per heavy atom. The van der Waals surface area contributed by atoms with E-state index in [4.69, 9.17) is 0 Å². The van der Waals surface area contributed by atoms with E-state index in [1.165, 1.54) is 10.6 Å². The van der Waals surface area contributed by atoms with E-state index in [2.05, 4.69) is 5.32 Å². The van der Waals surface area contributed by atoms with Crippen LogP contribution in [-0.4, -0.2) is 33.2 Å². The number of nitrogens with one attached hydrogen (secondary N) is 1. The lowest BCUT2D eigenvalue weighted by molar-refractivity contribution is -0.121. The Bertz CT molecular complexity index is 599. The molecule has 0 fully saturated rings. The number of rotatable bonds is 8. The fourth-order valence-electron chi connectivity index (χ4n) is 2.10. The number of hydrogen-bond donors (Lipinski definition) is 1. The summed E-state index contributed by atoms with van der Waals surface area (Å²) in [4.78, 5) is 11.8. The van der Waals surface area contributed by atoms with E-state index in [-0.39, 0.29) is 11.9 Å². The van der Waals surface area contributed by atoms with Crippen LogP contribution in [0.4, 0.5) is 5.69 Å². The molecule has 124 valence electrons. The maximum Gasteiger partial charge on any atom is 0.232 e. The summed E-state index contributed by atoms with van der Waals surface area (Å²) in [7, 11) is -3.36. The summed E-state index contributed by atoms with van der Waals surface area (Å²) in [6, 6.07) is 7.51. The van der Waals surface area contributed by atoms with Crippen molar-refractivity contribution < 1.29 is 13.2 Å². The molecule has 1 atom stereocenters. The van der Waals surface area contributed by atoms with E-state index in [1.807, 2.05) is 39.0 Å². The Morgan fingerprint density at radius 1 is 1.36 bits per heavy atom. The lowest BCUT2D eigenvalue weighted by Crippen LogP contribution is -2.34. The van der Waals surface area contributed by atoms with Crippen molar-refractivity contribution in [3.63, 3.8) is 0 Å². The number of anilines is 1. The summed E-state index contributed by atoms with van der Waals surface area (Å²) >= 11 is 0. The minimum Gasteiger partial charge on any atom is -0.354 e. The van der Waals surface area contributed by atoms with Gasteiger partial charge in [-0.25, -0.2) is 8.42 Å². The average molecular weight is 326 g/mol. The van der Waals surface area contributed by atoms with Crippen molar-refractivity contribution in [3.05, 3.63) is 29.8 Å². The first-order chi connectivity index (χ1) is 10.2. The van der Waals surface area contributed by atoms with Gasteiger partial charge in [0.15, 0.2) is 0 Å². The van der Waals surface area contributed by atoms with Crippen LogP contribution in [0.2, 0.25) is 0 Å². The van der Waals surface area contributed by atoms with Gasteiger partial charge < -0.3 is 5.32 Å². The van der Waals surface area contributed by atoms with Crippen LogP contribution in [0.15, 0.2) is 24.3 Å². The molecule has 5 nitrogen and oxygen atoms in total. The second-order valence-corrected chi connectivity index (χ2v) is 7.56. The van der Waals surface area contributed by atoms with Gasteiger partial charge in [0.05, 0.1) is 11.9 Å². The van der Waals surface area contributed by atoms with Gasteiger partial charge in [0.2, 0.25) is 15.9 Å². The lowest BCUT2D eigenvalue weighted by Gasteiger charge is -2.22. The summed E-state index contributed by atoms with van der Waals surface area (Å²) in [5.74, 6) is -0.0351. The highest BCUT2D eigenvalue weighted by molar-refractivity contribution is 7.92. The molecule has 0 bridgehead atoms. The SMILES string of the molecule is CC[C@@H](C)NC(=O)CCCN(c1cccc(C)c1)S(C)(=O)=O. The summed E-state index contributed by atoms with van der Waals surface area (Å²) in [5, 5.41) is 2.88. The van der Waals surface area contributed by atoms with Crippen LogP contribution in [0, 0.1) is 6.92 Å². The molecule has 1 amide bonds. The Balaban J connectivity index is 2.67. The van der Waals surface area contributed by atoms with Gasteiger partial charge >= 0.3 is 0 Å². The third kappa shape index (κ3) is 6.05. The number of aryl methyl sites for hydroxylation is 1. The predicted octanol–water partition coefficient (Wildman–Crippen LogP) is 2.46. The van der Waals surface area contributed by atoms with Gasteiger partial charge in [-0.05, 0) is 44.4 Å². The number of hydrogen-bond acceptors (Lipinski definition) is 3. The van der Waals surface area contributed by atoms with Crippen molar-refractivity contribution in [3.8, 4) is 0 Å². The van der Waals surface area contributed by atoms with Gasteiger partial charge in [0.1, 0.15) is 0 Å². The molecule has 0 unspecified atom stereocenters. The molecular weight excluding hydrogens is 300 g/mol. The monoisotopic (exact) mass is 326 g/mol. The molecule has 0 aliphatic rings. The Morgan fingerprint density at radius 2 is 2.05 bits per heavy atom. The quantitative estimate of drug-likeness (QED) is 0.798. The molecule has 0 aliphatic heterocycles. The molecule has 1 rings (SSSR count). The van der Waals surface area contributed by atoms with Gasteiger partial charge in [-0.1, -0.05) is 19.1 Å². The van der Waals surface area contributed by atoms with Crippen molar-refractivity contribution in [1.29, 1.82) is 0 Å². The van der Waals surface area contributed by atoms with Crippen molar-refractivity contribution >= 4 is 21.6 Å². The molecule has 1 aromatic carbocycles. The average Bonchev–Trinajstić information content (AvgIpc) is 2.42. The fourth-order valence-corrected chi connectivity index (χ4v) is 3.06. The summed E-state index contributed by atoms with van der Waals surface area (Å²) < 4.78 is 25.3. The minimum atomic E-state index is -3.36. The van der Waals surface area contributed by atoms with Crippen LogP contribution in [0.1, 0.15) is 38.7 Å². The maximum atomic E-state index is 12.0. The zero-order valence-electron chi connectivity index (χ0n) is 13.8. The third-order valence-corrected chi connectivity index (χ3v) is 4.67. The minimum absolute atomic E-state index is 0.0351. The molecule has 0 heterocycles. The summed E-state index contributed by atoms with van der Waals surface area (Å²) in [6.45, 7) is 6.18. The van der Waals surface area contributed by atoms with Gasteiger partial charge in [0, 0.05) is 19.0 Å². The van der Waals surface area contributed by atoms with E-state index >= 15 is 0 Å². The number of carbonyl (C=O) groups is 1. The Hall–Kier alpha value is -1.56. The Kier molecular flexibility index (Phi) is 6.87. The lowest BCUT2D eigenvalue weighted by atomic mass is 10.2. The van der Waals surface area contributed by atoms with Crippen LogP contribution >= 0.6 is 0 Å². The molecule has 1 N–H and O–H groups in total. The standard InChI is InChI=1S/C16H26N2O3S/c1-5-14(3)17-16(19)10-7-11-18(22(4,20)21)15-9-6-8-13(2)12-15/h6,8-9,12,14H,5,7,10-11H2,1-4H3,(H,17,19)/t14-/m1/s1. The van der Waals surface area contributed by atoms with Crippen molar-refractivity contribution in [2.24, 2.45) is 0 Å². The van der Waals surface area contributed by atoms with Gasteiger partial charge in [-0.3, -0.25) is 9.10 Å². The van der Waals surface area contributed by atoms with Crippen molar-refractivity contribution in [2.75, 3.05) is 17.1 Å². The normalized spacial score (nSPS) is 12.7. The Labute approximate surface area is 133 Å². The second-order valence-electron chi connectivity index (χ2n) is 5.65. The molecule has 0 aromatic heterocycles. The third-order valence-electron chi connectivity index (χ3n) is 3.47. The van der Waals surface area contributed by atoms with Crippen LogP contribution in [0.5, 0.6) is 0 Å². The van der Waals surface area contributed by atoms with Crippen LogP contribution in [0.3, 0.4) is 0 Å². The summed E-state index contributed by atoms with van der Waals surface area (Å²) in [5.41, 5.74) is 1.64. The van der Waals surface area contributed by atoms with Crippen LogP contribution < -0.4 is 9.62 Å². The first-order valence-corrected chi connectivity index (χ1v) is 9.42. The van der Waals surface area contributed by atoms with E-state index in [0.29, 0.717) is 25.1 Å². The first kappa shape index (κ1) is 18.5. The molecule has 22 heavy (non-hydrogen) atoms. The largest absolute Gasteiger partial charge is 0.354 e. The molecule has 1 aromatic rings. The molecular formula is C16H26N2O3S. The highest BCUT2D eigenvalue weighted by Crippen LogP contribution is 2.19. The van der Waals surface area contributed by atoms with Crippen LogP contribution in [-0.2, 0) is 14.8 Å². The van der Waals surface area contributed by atoms with Crippen LogP contribution in [0.25, 0.3) is 0 Å². The molecule has 6 heteroatoms. The van der Waals surface area contributed by atoms with Gasteiger partial charge in [-0.2, -0.15) is 0 Å². The summed E-state index contributed by atoms with van der Waals surface area (Å²) in [6.07, 6.45) is 2.88. The number of carbonyl (C=O) groups excluding carboxylic acids is 1. The first-order valence-electron chi connectivity index (χ1n) is 7.57. The van der Waals surface area contributed by atoms with E-state index in [9.17, 15) is 13.2 Å². The van der Waals surface area contributed by atoms with Gasteiger partial charge in [0.25, 0.3) is 0 Å². The number of benzene rings is 1. The van der Waals surface area contributed by atoms with Crippen molar-refractivity contribution in [2.45, 2.75) is 46.1 Å². The van der Waals surface area contributed by atoms with E-state index in [0.717, 1.165) is 12.0 Å². The number of amides is 1. The topological polar surface area (TPSA) is 66.5 Å². The zero-order valence-corrected chi connectivity index (χ0v) is 14.6. The molecule has 0 saturated heterocycles. The van der Waals surface area contributed by atoms with Crippen molar-refractivity contribution in [1.82, 2.24) is 5.32 Å². The maximum absolute atomic E-state index is 12.0. The fraction of sp³-hybridized carbons (Fsp3) is 0.562. The molecule has 0 aliphatic carbocycles. The highest BCUT2D eigenvalue weighted by Gasteiger charge is 2.17. The van der Waals surface area contributed by atoms with Gasteiger partial charge in [-0.15, -0.1) is 0 Å². The van der Waals surface area contributed by atoms with E-state index < -0.39 is 10.0 Å². The molecule has 0 spiro atoms.